The molecule has 3 aromatic heterocycles. The molecule has 0 aliphatic carbocycles. The Morgan fingerprint density at radius 2 is 2.00 bits per heavy atom. The Labute approximate surface area is 137 Å². The molecule has 0 fully saturated rings. The first kappa shape index (κ1) is 13.2. The predicted molar refractivity (Wildman–Crippen MR) is 89.5 cm³/mol. The number of imidazole rings is 1. The molecule has 0 saturated heterocycles. The fourth-order valence-corrected chi connectivity index (χ4v) is 3.16. The number of nitrogens with one attached hydrogen (secondary N) is 1. The Morgan fingerprint density at radius 1 is 1.08 bits per heavy atom. The molecule has 0 unspecified atom stereocenters. The van der Waals surface area contributed by atoms with Crippen LogP contribution in [0.3, 0.4) is 0 Å². The van der Waals surface area contributed by atoms with Crippen LogP contribution in [-0.2, 0) is 6.54 Å². The average molecular weight is 318 g/mol. The molecule has 0 atom stereocenters. The monoisotopic (exact) mass is 318 g/mol. The fourth-order valence-electron chi connectivity index (χ4n) is 3.16. The van der Waals surface area contributed by atoms with Gasteiger partial charge < -0.3 is 9.88 Å². The minimum Gasteiger partial charge on any atom is -0.354 e. The van der Waals surface area contributed by atoms with Crippen molar-refractivity contribution in [2.75, 3.05) is 11.9 Å². The van der Waals surface area contributed by atoms with E-state index in [1.54, 1.807) is 0 Å². The minimum atomic E-state index is 0.733. The van der Waals surface area contributed by atoms with Gasteiger partial charge in [0.15, 0.2) is 0 Å². The molecule has 5 rings (SSSR count). The molecular weight excluding hydrogens is 304 g/mol. The largest absolute Gasteiger partial charge is 0.354 e. The molecule has 1 N–H and O–H groups in total. The molecular formula is C17H14N6O. The van der Waals surface area contributed by atoms with E-state index in [1.807, 2.05) is 43.3 Å². The van der Waals surface area contributed by atoms with E-state index in [-0.39, 0.29) is 0 Å². The van der Waals surface area contributed by atoms with Gasteiger partial charge in [-0.25, -0.2) is 9.61 Å². The van der Waals surface area contributed by atoms with Crippen LogP contribution >= 0.6 is 0 Å². The number of hydrogen-bond acceptors (Lipinski definition) is 6. The number of nitrogens with zero attached hydrogens (tertiary/aromatic N) is 5. The molecule has 1 aliphatic rings. The van der Waals surface area contributed by atoms with E-state index in [0.717, 1.165) is 58.4 Å². The summed E-state index contributed by atoms with van der Waals surface area (Å²) >= 11 is 0. The number of benzene rings is 1. The third kappa shape index (κ3) is 1.91. The van der Waals surface area contributed by atoms with Crippen LogP contribution in [0.5, 0.6) is 0 Å². The van der Waals surface area contributed by atoms with Crippen LogP contribution in [0.2, 0.25) is 0 Å². The first-order valence-electron chi connectivity index (χ1n) is 7.81. The maximum absolute atomic E-state index is 4.81. The molecule has 0 spiro atoms. The molecule has 0 amide bonds. The number of anilines is 1. The average Bonchev–Trinajstić information content (AvgIpc) is 3.29. The summed E-state index contributed by atoms with van der Waals surface area (Å²) in [5.74, 6) is 0.877. The van der Waals surface area contributed by atoms with Crippen LogP contribution in [0.1, 0.15) is 5.69 Å². The van der Waals surface area contributed by atoms with Crippen LogP contribution in [0, 0.1) is 6.92 Å². The molecule has 0 radical (unpaired) electrons. The van der Waals surface area contributed by atoms with E-state index < -0.39 is 0 Å². The number of rotatable bonds is 2. The SMILES string of the molecule is Cc1cccc(-c2nc3n(c2-c2ccc4nonc4c2)CCN3)n1. The third-order valence-corrected chi connectivity index (χ3v) is 4.24. The van der Waals surface area contributed by atoms with Crippen molar-refractivity contribution in [3.05, 3.63) is 42.1 Å². The number of fused-ring (bicyclic) bond motifs is 2. The summed E-state index contributed by atoms with van der Waals surface area (Å²) in [6.07, 6.45) is 0. The number of aromatic nitrogens is 5. The van der Waals surface area contributed by atoms with Crippen LogP contribution in [-0.4, -0.2) is 31.4 Å². The van der Waals surface area contributed by atoms with Gasteiger partial charge in [0, 0.05) is 24.3 Å². The second-order valence-electron chi connectivity index (χ2n) is 5.84. The lowest BCUT2D eigenvalue weighted by Gasteiger charge is -2.07. The highest BCUT2D eigenvalue weighted by atomic mass is 16.6. The van der Waals surface area contributed by atoms with E-state index in [0.29, 0.717) is 0 Å². The predicted octanol–water partition coefficient (Wildman–Crippen LogP) is 2.88. The van der Waals surface area contributed by atoms with Crippen molar-refractivity contribution in [1.82, 2.24) is 24.8 Å². The van der Waals surface area contributed by atoms with Gasteiger partial charge in [0.05, 0.1) is 11.4 Å². The maximum atomic E-state index is 4.81. The van der Waals surface area contributed by atoms with E-state index in [4.69, 9.17) is 9.61 Å². The summed E-state index contributed by atoms with van der Waals surface area (Å²) in [6.45, 7) is 3.74. The number of pyridine rings is 1. The lowest BCUT2D eigenvalue weighted by atomic mass is 10.1. The van der Waals surface area contributed by atoms with Gasteiger partial charge in [-0.15, -0.1) is 0 Å². The zero-order chi connectivity index (χ0) is 16.1. The fraction of sp³-hybridized carbons (Fsp3) is 0.176. The second-order valence-corrected chi connectivity index (χ2v) is 5.84. The van der Waals surface area contributed by atoms with Crippen LogP contribution in [0.25, 0.3) is 33.7 Å². The Balaban J connectivity index is 1.77. The van der Waals surface area contributed by atoms with Crippen molar-refractivity contribution < 1.29 is 4.63 Å². The number of aryl methyl sites for hydroxylation is 1. The molecule has 118 valence electrons. The van der Waals surface area contributed by atoms with Crippen LogP contribution in [0.15, 0.2) is 41.0 Å². The van der Waals surface area contributed by atoms with Crippen molar-refractivity contribution in [2.24, 2.45) is 0 Å². The van der Waals surface area contributed by atoms with E-state index in [1.165, 1.54) is 0 Å². The molecule has 0 saturated carbocycles. The summed E-state index contributed by atoms with van der Waals surface area (Å²) in [7, 11) is 0. The summed E-state index contributed by atoms with van der Waals surface area (Å²) < 4.78 is 7.00. The molecule has 4 aromatic rings. The zero-order valence-electron chi connectivity index (χ0n) is 13.0. The highest BCUT2D eigenvalue weighted by Gasteiger charge is 2.24. The van der Waals surface area contributed by atoms with Gasteiger partial charge in [0.25, 0.3) is 0 Å². The van der Waals surface area contributed by atoms with Gasteiger partial charge in [-0.3, -0.25) is 4.98 Å². The Bertz CT molecular complexity index is 1060. The highest BCUT2D eigenvalue weighted by molar-refractivity contribution is 5.85. The summed E-state index contributed by atoms with van der Waals surface area (Å²) in [5, 5.41) is 11.1. The number of hydrogen-bond donors (Lipinski definition) is 1. The van der Waals surface area contributed by atoms with Crippen LogP contribution < -0.4 is 5.32 Å². The van der Waals surface area contributed by atoms with E-state index in [9.17, 15) is 0 Å². The molecule has 4 heterocycles. The van der Waals surface area contributed by atoms with Gasteiger partial charge in [0.1, 0.15) is 16.7 Å². The zero-order valence-corrected chi connectivity index (χ0v) is 13.0. The topological polar surface area (TPSA) is 81.7 Å². The quantitative estimate of drug-likeness (QED) is 0.612. The third-order valence-electron chi connectivity index (χ3n) is 4.24. The summed E-state index contributed by atoms with van der Waals surface area (Å²) in [4.78, 5) is 9.42. The van der Waals surface area contributed by atoms with E-state index >= 15 is 0 Å². The molecule has 0 bridgehead atoms. The van der Waals surface area contributed by atoms with Crippen molar-refractivity contribution in [3.8, 4) is 22.6 Å². The Morgan fingerprint density at radius 3 is 2.92 bits per heavy atom. The van der Waals surface area contributed by atoms with Gasteiger partial charge in [0.2, 0.25) is 5.95 Å². The Kier molecular flexibility index (Phi) is 2.70. The van der Waals surface area contributed by atoms with Gasteiger partial charge in [-0.2, -0.15) is 0 Å². The normalized spacial score (nSPS) is 13.2. The molecule has 7 nitrogen and oxygen atoms in total. The second kappa shape index (κ2) is 4.89. The molecule has 1 aliphatic heterocycles. The van der Waals surface area contributed by atoms with Crippen molar-refractivity contribution in [2.45, 2.75) is 13.5 Å². The first-order chi connectivity index (χ1) is 11.8. The standard InChI is InChI=1S/C17H14N6O/c1-10-3-2-4-13(19-10)15-16(23-8-7-18-17(23)20-15)11-5-6-12-14(9-11)22-24-21-12/h2-6,9H,7-8H2,1H3,(H,18,20). The highest BCUT2D eigenvalue weighted by Crippen LogP contribution is 2.36. The van der Waals surface area contributed by atoms with Gasteiger partial charge in [-0.1, -0.05) is 12.1 Å². The Hall–Kier alpha value is -3.22. The van der Waals surface area contributed by atoms with Crippen molar-refractivity contribution in [1.29, 1.82) is 0 Å². The maximum Gasteiger partial charge on any atom is 0.204 e. The van der Waals surface area contributed by atoms with Crippen LogP contribution in [0.4, 0.5) is 5.95 Å². The van der Waals surface area contributed by atoms with Gasteiger partial charge >= 0.3 is 0 Å². The summed E-state index contributed by atoms with van der Waals surface area (Å²) in [6, 6.07) is 11.9. The van der Waals surface area contributed by atoms with Crippen molar-refractivity contribution in [3.63, 3.8) is 0 Å². The summed E-state index contributed by atoms with van der Waals surface area (Å²) in [5.41, 5.74) is 6.25. The van der Waals surface area contributed by atoms with Crippen molar-refractivity contribution >= 4 is 17.0 Å². The molecule has 24 heavy (non-hydrogen) atoms. The smallest absolute Gasteiger partial charge is 0.204 e. The lowest BCUT2D eigenvalue weighted by molar-refractivity contribution is 0.315. The molecule has 7 heteroatoms. The lowest BCUT2D eigenvalue weighted by Crippen LogP contribution is -1.99. The molecule has 1 aromatic carbocycles. The first-order valence-corrected chi connectivity index (χ1v) is 7.81. The van der Waals surface area contributed by atoms with Gasteiger partial charge in [-0.05, 0) is 41.5 Å². The minimum absolute atomic E-state index is 0.733. The van der Waals surface area contributed by atoms with E-state index in [2.05, 4.69) is 25.2 Å².